The van der Waals surface area contributed by atoms with Crippen molar-refractivity contribution in [3.8, 4) is 0 Å². The predicted molar refractivity (Wildman–Crippen MR) is 152 cm³/mol. The van der Waals surface area contributed by atoms with E-state index in [1.165, 1.54) is 141 Å². The molecule has 4 nitrogen and oxygen atoms in total. The Morgan fingerprint density at radius 2 is 0.912 bits per heavy atom. The number of carbonyl (C=O) groups excluding carboxylic acids is 1. The molecule has 204 valence electrons. The van der Waals surface area contributed by atoms with Crippen molar-refractivity contribution in [3.63, 3.8) is 0 Å². The molecule has 0 aromatic rings. The largest absolute Gasteiger partial charge is 0.338 e. The second-order valence-electron chi connectivity index (χ2n) is 10.5. The second-order valence-corrected chi connectivity index (χ2v) is 10.5. The minimum Gasteiger partial charge on any atom is -0.338 e. The van der Waals surface area contributed by atoms with Gasteiger partial charge in [0.25, 0.3) is 0 Å². The Hall–Kier alpha value is -0.770. The number of hydrogen-bond acceptors (Lipinski definition) is 2. The van der Waals surface area contributed by atoms with E-state index in [4.69, 9.17) is 0 Å². The van der Waals surface area contributed by atoms with E-state index in [2.05, 4.69) is 29.8 Å². The molecule has 0 heterocycles. The monoisotopic (exact) mass is 481 g/mol. The van der Waals surface area contributed by atoms with Crippen LogP contribution in [0, 0.1) is 5.92 Å². The van der Waals surface area contributed by atoms with Gasteiger partial charge in [-0.05, 0) is 25.8 Å². The summed E-state index contributed by atoms with van der Waals surface area (Å²) in [6.45, 7) is 6.91. The van der Waals surface area contributed by atoms with E-state index in [0.29, 0.717) is 12.5 Å². The van der Waals surface area contributed by atoms with Crippen molar-refractivity contribution in [2.45, 2.75) is 155 Å². The molecule has 0 spiro atoms. The fourth-order valence-corrected chi connectivity index (χ4v) is 4.79. The summed E-state index contributed by atoms with van der Waals surface area (Å²) in [6, 6.07) is -0.00797. The Labute approximate surface area is 214 Å². The Bertz CT molecular complexity index is 379. The summed E-state index contributed by atoms with van der Waals surface area (Å²) >= 11 is 0. The molecule has 34 heavy (non-hydrogen) atoms. The minimum atomic E-state index is -0.00797. The van der Waals surface area contributed by atoms with Crippen molar-refractivity contribution < 1.29 is 4.79 Å². The maximum absolute atomic E-state index is 12.1. The van der Waals surface area contributed by atoms with Crippen LogP contribution >= 0.6 is 0 Å². The van der Waals surface area contributed by atoms with Crippen LogP contribution in [0.15, 0.2) is 0 Å². The van der Waals surface area contributed by atoms with E-state index in [9.17, 15) is 4.79 Å². The first kappa shape index (κ1) is 33.2. The van der Waals surface area contributed by atoms with E-state index in [1.807, 2.05) is 7.05 Å². The van der Waals surface area contributed by atoms with Crippen molar-refractivity contribution >= 4 is 6.03 Å². The highest BCUT2D eigenvalue weighted by Gasteiger charge is 2.10. The lowest BCUT2D eigenvalue weighted by molar-refractivity contribution is 0.237. The molecule has 0 saturated heterocycles. The Morgan fingerprint density at radius 3 is 1.29 bits per heavy atom. The molecule has 0 bridgehead atoms. The smallest absolute Gasteiger partial charge is 0.314 e. The van der Waals surface area contributed by atoms with Crippen LogP contribution in [-0.4, -0.2) is 32.7 Å². The quantitative estimate of drug-likeness (QED) is 0.103. The van der Waals surface area contributed by atoms with Crippen LogP contribution in [0.5, 0.6) is 0 Å². The van der Waals surface area contributed by atoms with Gasteiger partial charge in [0.2, 0.25) is 0 Å². The van der Waals surface area contributed by atoms with Gasteiger partial charge in [0.1, 0.15) is 0 Å². The van der Waals surface area contributed by atoms with Gasteiger partial charge in [0.05, 0.1) is 0 Å². The molecule has 0 saturated carbocycles. The number of nitrogens with one attached hydrogen (secondary N) is 3. The van der Waals surface area contributed by atoms with Crippen LogP contribution in [0.4, 0.5) is 4.79 Å². The molecule has 0 aliphatic heterocycles. The average Bonchev–Trinajstić information content (AvgIpc) is 2.84. The van der Waals surface area contributed by atoms with E-state index < -0.39 is 0 Å². The lowest BCUT2D eigenvalue weighted by Gasteiger charge is -2.18. The van der Waals surface area contributed by atoms with Gasteiger partial charge in [-0.1, -0.05) is 142 Å². The summed E-state index contributed by atoms with van der Waals surface area (Å²) in [4.78, 5) is 12.1. The summed E-state index contributed by atoms with van der Waals surface area (Å²) in [5, 5.41) is 9.15. The normalized spacial score (nSPS) is 11.3. The number of amides is 2. The third-order valence-corrected chi connectivity index (χ3v) is 7.14. The summed E-state index contributed by atoms with van der Waals surface area (Å²) < 4.78 is 0. The van der Waals surface area contributed by atoms with Gasteiger partial charge in [-0.15, -0.1) is 0 Å². The molecule has 3 N–H and O–H groups in total. The fourth-order valence-electron chi connectivity index (χ4n) is 4.79. The van der Waals surface area contributed by atoms with Crippen LogP contribution in [0.25, 0.3) is 0 Å². The maximum Gasteiger partial charge on any atom is 0.314 e. The first-order chi connectivity index (χ1) is 16.7. The highest BCUT2D eigenvalue weighted by atomic mass is 16.2. The van der Waals surface area contributed by atoms with Crippen LogP contribution in [-0.2, 0) is 0 Å². The molecule has 0 rings (SSSR count). The summed E-state index contributed by atoms with van der Waals surface area (Å²) in [6.07, 6.45) is 30.3. The number of urea groups is 1. The number of unbranched alkanes of at least 4 members (excludes halogenated alkanes) is 18. The lowest BCUT2D eigenvalue weighted by atomic mass is 9.94. The molecule has 0 aliphatic carbocycles. The molecule has 4 heteroatoms. The van der Waals surface area contributed by atoms with Gasteiger partial charge in [-0.3, -0.25) is 0 Å². The molecule has 0 radical (unpaired) electrons. The molecule has 2 amide bonds. The first-order valence-corrected chi connectivity index (χ1v) is 15.4. The van der Waals surface area contributed by atoms with Gasteiger partial charge in [-0.25, -0.2) is 4.79 Å². The highest BCUT2D eigenvalue weighted by molar-refractivity contribution is 5.73. The third kappa shape index (κ3) is 25.8. The van der Waals surface area contributed by atoms with E-state index in [0.717, 1.165) is 13.1 Å². The molecule has 0 fully saturated rings. The Morgan fingerprint density at radius 1 is 0.529 bits per heavy atom. The number of carbonyl (C=O) groups is 1. The van der Waals surface area contributed by atoms with E-state index >= 15 is 0 Å². The van der Waals surface area contributed by atoms with Gasteiger partial charge < -0.3 is 16.0 Å². The average molecular weight is 482 g/mol. The molecule has 0 atom stereocenters. The molecule has 0 aromatic heterocycles. The van der Waals surface area contributed by atoms with Crippen molar-refractivity contribution in [1.82, 2.24) is 16.0 Å². The van der Waals surface area contributed by atoms with Crippen molar-refractivity contribution in [1.29, 1.82) is 0 Å². The summed E-state index contributed by atoms with van der Waals surface area (Å²) in [7, 11) is 1.91. The minimum absolute atomic E-state index is 0.00797. The molecular weight excluding hydrogens is 418 g/mol. The lowest BCUT2D eigenvalue weighted by Crippen LogP contribution is -2.40. The van der Waals surface area contributed by atoms with Crippen LogP contribution in [0.2, 0.25) is 0 Å². The van der Waals surface area contributed by atoms with E-state index in [-0.39, 0.29) is 6.03 Å². The van der Waals surface area contributed by atoms with Gasteiger partial charge in [-0.2, -0.15) is 0 Å². The van der Waals surface area contributed by atoms with E-state index in [1.54, 1.807) is 0 Å². The predicted octanol–water partition coefficient (Wildman–Crippen LogP) is 8.74. The molecule has 0 unspecified atom stereocenters. The third-order valence-electron chi connectivity index (χ3n) is 7.14. The Kier molecular flexibility index (Phi) is 27.8. The second kappa shape index (κ2) is 28.5. The standard InChI is InChI=1S/C30H63N3O/c1-4-6-8-10-12-14-16-18-20-22-24-29(28-33-30(34)32-27-26-31-3)25-23-21-19-17-15-13-11-9-7-5-2/h29,31H,4-28H2,1-3H3,(H2,32,33,34). The van der Waals surface area contributed by atoms with Crippen molar-refractivity contribution in [2.24, 2.45) is 5.92 Å². The molecular formula is C30H63N3O. The SMILES string of the molecule is CCCCCCCCCCCCC(CCCCCCCCCCCC)CNC(=O)NCCNC. The summed E-state index contributed by atoms with van der Waals surface area (Å²) in [5.41, 5.74) is 0. The van der Waals surface area contributed by atoms with Gasteiger partial charge in [0, 0.05) is 19.6 Å². The van der Waals surface area contributed by atoms with Gasteiger partial charge >= 0.3 is 6.03 Å². The zero-order valence-corrected chi connectivity index (χ0v) is 23.7. The zero-order chi connectivity index (χ0) is 25.0. The van der Waals surface area contributed by atoms with Crippen LogP contribution in [0.3, 0.4) is 0 Å². The highest BCUT2D eigenvalue weighted by Crippen LogP contribution is 2.19. The molecule has 0 aromatic carbocycles. The first-order valence-electron chi connectivity index (χ1n) is 15.4. The number of hydrogen-bond donors (Lipinski definition) is 3. The number of likely N-dealkylation sites (N-methyl/N-ethyl adjacent to an activating group) is 1. The Balaban J connectivity index is 3.94. The molecule has 0 aliphatic rings. The topological polar surface area (TPSA) is 53.2 Å². The van der Waals surface area contributed by atoms with Crippen LogP contribution < -0.4 is 16.0 Å². The van der Waals surface area contributed by atoms with Crippen LogP contribution in [0.1, 0.15) is 155 Å². The van der Waals surface area contributed by atoms with Crippen molar-refractivity contribution in [3.05, 3.63) is 0 Å². The van der Waals surface area contributed by atoms with Gasteiger partial charge in [0.15, 0.2) is 0 Å². The maximum atomic E-state index is 12.1. The van der Waals surface area contributed by atoms with Crippen molar-refractivity contribution in [2.75, 3.05) is 26.7 Å². The summed E-state index contributed by atoms with van der Waals surface area (Å²) in [5.74, 6) is 0.637. The number of rotatable bonds is 27. The fraction of sp³-hybridized carbons (Fsp3) is 0.967. The zero-order valence-electron chi connectivity index (χ0n) is 23.7.